The molecular weight excluding hydrogens is 494 g/mol. The first-order valence-electron chi connectivity index (χ1n) is 14.3. The maximum absolute atomic E-state index is 13.4. The number of hydrogen-bond donors (Lipinski definition) is 0. The zero-order valence-electron chi connectivity index (χ0n) is 22.8. The largest absolute Gasteiger partial charge is 0.460 e. The van der Waals surface area contributed by atoms with E-state index in [9.17, 15) is 9.59 Å². The second-order valence-electron chi connectivity index (χ2n) is 11.1. The van der Waals surface area contributed by atoms with Crippen LogP contribution in [0.25, 0.3) is 0 Å². The molecule has 1 saturated carbocycles. The Morgan fingerprint density at radius 3 is 2.36 bits per heavy atom. The van der Waals surface area contributed by atoms with Crippen molar-refractivity contribution in [3.8, 4) is 0 Å². The Labute approximate surface area is 230 Å². The molecular formula is C31H39N3O5. The molecule has 1 aliphatic heterocycles. The molecule has 3 aromatic rings. The van der Waals surface area contributed by atoms with Crippen LogP contribution < -0.4 is 4.90 Å². The molecule has 0 spiro atoms. The van der Waals surface area contributed by atoms with Gasteiger partial charge in [0.15, 0.2) is 5.76 Å². The van der Waals surface area contributed by atoms with Crippen molar-refractivity contribution in [2.24, 2.45) is 5.41 Å². The highest BCUT2D eigenvalue weighted by Gasteiger charge is 2.35. The van der Waals surface area contributed by atoms with Crippen molar-refractivity contribution in [2.75, 3.05) is 31.1 Å². The number of pyridine rings is 1. The lowest BCUT2D eigenvalue weighted by Crippen LogP contribution is -2.48. The van der Waals surface area contributed by atoms with Gasteiger partial charge in [-0.1, -0.05) is 25.3 Å². The van der Waals surface area contributed by atoms with Gasteiger partial charge in [0.2, 0.25) is 5.76 Å². The molecule has 1 amide bonds. The van der Waals surface area contributed by atoms with E-state index in [2.05, 4.69) is 9.88 Å². The van der Waals surface area contributed by atoms with E-state index in [0.29, 0.717) is 18.2 Å². The van der Waals surface area contributed by atoms with Gasteiger partial charge in [0, 0.05) is 25.3 Å². The summed E-state index contributed by atoms with van der Waals surface area (Å²) < 4.78 is 16.2. The molecule has 0 radical (unpaired) electrons. The first-order valence-corrected chi connectivity index (χ1v) is 14.3. The molecule has 1 aliphatic carbocycles. The first-order chi connectivity index (χ1) is 19.0. The molecule has 1 saturated heterocycles. The van der Waals surface area contributed by atoms with Crippen LogP contribution in [0.1, 0.15) is 84.5 Å². The van der Waals surface area contributed by atoms with Crippen molar-refractivity contribution in [1.29, 1.82) is 0 Å². The Bertz CT molecular complexity index is 1180. The lowest BCUT2D eigenvalue weighted by molar-refractivity contribution is 0.0338. The molecule has 208 valence electrons. The molecule has 2 fully saturated rings. The number of piperidine rings is 1. The summed E-state index contributed by atoms with van der Waals surface area (Å²) in [6.45, 7) is 5.31. The number of amides is 1. The number of aryl methyl sites for hydroxylation is 1. The van der Waals surface area contributed by atoms with Crippen LogP contribution >= 0.6 is 0 Å². The van der Waals surface area contributed by atoms with E-state index in [1.807, 2.05) is 30.2 Å². The number of anilines is 1. The monoisotopic (exact) mass is 533 g/mol. The molecule has 5 rings (SSSR count). The number of rotatable bonds is 10. The Morgan fingerprint density at radius 1 is 1.00 bits per heavy atom. The number of nitrogens with zero attached hydrogens (tertiary/aromatic N) is 3. The fourth-order valence-electron chi connectivity index (χ4n) is 6.13. The van der Waals surface area contributed by atoms with Gasteiger partial charge in [-0.05, 0) is 93.3 Å². The Kier molecular flexibility index (Phi) is 8.81. The lowest BCUT2D eigenvalue weighted by Gasteiger charge is -2.41. The minimum absolute atomic E-state index is 0.0683. The van der Waals surface area contributed by atoms with Crippen molar-refractivity contribution < 1.29 is 23.2 Å². The molecule has 8 heteroatoms. The fourth-order valence-corrected chi connectivity index (χ4v) is 6.13. The predicted octanol–water partition coefficient (Wildman–Crippen LogP) is 6.27. The molecule has 39 heavy (non-hydrogen) atoms. The van der Waals surface area contributed by atoms with Crippen LogP contribution in [0.4, 0.5) is 5.82 Å². The quantitative estimate of drug-likeness (QED) is 0.284. The number of carbonyl (C=O) groups excluding carboxylic acids is 2. The highest BCUT2D eigenvalue weighted by molar-refractivity contribution is 6.04. The molecule has 0 aromatic carbocycles. The van der Waals surface area contributed by atoms with Crippen molar-refractivity contribution >= 4 is 17.7 Å². The summed E-state index contributed by atoms with van der Waals surface area (Å²) >= 11 is 0. The standard InChI is InChI=1S/C31H39N3O5/c1-24-9-10-28(32-23-24)34(29(35)26-7-5-20-37-26)25-11-17-33(18-12-25)19-15-31(13-3-2-4-14-31)16-22-39-30(36)27-8-6-21-38-27/h5-10,20-21,23,25H,2-4,11-19,22H2,1H3. The SMILES string of the molecule is Cc1ccc(N(C(=O)c2ccco2)C2CCN(CCC3(CCOC(=O)c4ccco4)CCCCC3)CC2)nc1. The van der Waals surface area contributed by atoms with Crippen molar-refractivity contribution in [1.82, 2.24) is 9.88 Å². The van der Waals surface area contributed by atoms with Crippen LogP contribution in [0.2, 0.25) is 0 Å². The highest BCUT2D eigenvalue weighted by atomic mass is 16.5. The second kappa shape index (κ2) is 12.6. The minimum Gasteiger partial charge on any atom is -0.460 e. The van der Waals surface area contributed by atoms with Gasteiger partial charge in [-0.3, -0.25) is 9.69 Å². The molecule has 0 unspecified atom stereocenters. The fraction of sp³-hybridized carbons (Fsp3) is 0.516. The van der Waals surface area contributed by atoms with E-state index in [-0.39, 0.29) is 29.1 Å². The van der Waals surface area contributed by atoms with Crippen LogP contribution in [-0.4, -0.2) is 54.0 Å². The molecule has 0 N–H and O–H groups in total. The summed E-state index contributed by atoms with van der Waals surface area (Å²) in [7, 11) is 0. The van der Waals surface area contributed by atoms with Gasteiger partial charge in [-0.2, -0.15) is 0 Å². The molecule has 4 heterocycles. The number of aromatic nitrogens is 1. The van der Waals surface area contributed by atoms with E-state index >= 15 is 0 Å². The summed E-state index contributed by atoms with van der Waals surface area (Å²) in [6, 6.07) is 10.8. The maximum Gasteiger partial charge on any atom is 0.374 e. The summed E-state index contributed by atoms with van der Waals surface area (Å²) in [4.78, 5) is 34.6. The van der Waals surface area contributed by atoms with Crippen molar-refractivity contribution in [3.63, 3.8) is 0 Å². The Balaban J connectivity index is 1.17. The summed E-state index contributed by atoms with van der Waals surface area (Å²) in [5, 5.41) is 0. The van der Waals surface area contributed by atoms with Crippen LogP contribution in [0.3, 0.4) is 0 Å². The van der Waals surface area contributed by atoms with Crippen LogP contribution in [0.15, 0.2) is 64.0 Å². The summed E-state index contributed by atoms with van der Waals surface area (Å²) in [5.41, 5.74) is 1.28. The van der Waals surface area contributed by atoms with E-state index in [0.717, 1.165) is 50.9 Å². The maximum atomic E-state index is 13.4. The first kappa shape index (κ1) is 27.2. The zero-order valence-corrected chi connectivity index (χ0v) is 22.8. The third-order valence-corrected chi connectivity index (χ3v) is 8.48. The summed E-state index contributed by atoms with van der Waals surface area (Å²) in [6.07, 6.45) is 14.7. The smallest absolute Gasteiger partial charge is 0.374 e. The predicted molar refractivity (Wildman–Crippen MR) is 148 cm³/mol. The third-order valence-electron chi connectivity index (χ3n) is 8.48. The zero-order chi connectivity index (χ0) is 27.1. The van der Waals surface area contributed by atoms with E-state index in [1.165, 1.54) is 44.6 Å². The van der Waals surface area contributed by atoms with E-state index < -0.39 is 0 Å². The van der Waals surface area contributed by atoms with Crippen LogP contribution in [0.5, 0.6) is 0 Å². The van der Waals surface area contributed by atoms with Gasteiger partial charge in [-0.15, -0.1) is 0 Å². The minimum atomic E-state index is -0.384. The molecule has 8 nitrogen and oxygen atoms in total. The van der Waals surface area contributed by atoms with Crippen LogP contribution in [0, 0.1) is 12.3 Å². The van der Waals surface area contributed by atoms with E-state index in [4.69, 9.17) is 13.6 Å². The van der Waals surface area contributed by atoms with Gasteiger partial charge < -0.3 is 18.5 Å². The highest BCUT2D eigenvalue weighted by Crippen LogP contribution is 2.42. The van der Waals surface area contributed by atoms with Crippen molar-refractivity contribution in [3.05, 3.63) is 72.2 Å². The summed E-state index contributed by atoms with van der Waals surface area (Å²) in [5.74, 6) is 0.748. The number of hydrogen-bond acceptors (Lipinski definition) is 7. The molecule has 3 aromatic heterocycles. The van der Waals surface area contributed by atoms with Gasteiger partial charge in [0.1, 0.15) is 5.82 Å². The topological polar surface area (TPSA) is 89.0 Å². The molecule has 2 aliphatic rings. The molecule has 0 bridgehead atoms. The Hall–Kier alpha value is -3.39. The number of carbonyl (C=O) groups is 2. The number of furan rings is 2. The average Bonchev–Trinajstić information content (AvgIpc) is 3.70. The van der Waals surface area contributed by atoms with E-state index in [1.54, 1.807) is 24.3 Å². The normalized spacial score (nSPS) is 18.1. The number of esters is 1. The lowest BCUT2D eigenvalue weighted by atomic mass is 9.69. The Morgan fingerprint density at radius 2 is 1.72 bits per heavy atom. The van der Waals surface area contributed by atoms with Gasteiger partial charge in [0.05, 0.1) is 19.1 Å². The second-order valence-corrected chi connectivity index (χ2v) is 11.1. The third kappa shape index (κ3) is 6.79. The van der Waals surface area contributed by atoms with Gasteiger partial charge in [-0.25, -0.2) is 9.78 Å². The van der Waals surface area contributed by atoms with Gasteiger partial charge in [0.25, 0.3) is 5.91 Å². The van der Waals surface area contributed by atoms with Crippen molar-refractivity contribution in [2.45, 2.75) is 70.8 Å². The van der Waals surface area contributed by atoms with Gasteiger partial charge >= 0.3 is 5.97 Å². The number of likely N-dealkylation sites (tertiary alicyclic amines) is 1. The molecule has 0 atom stereocenters. The average molecular weight is 534 g/mol. The number of ether oxygens (including phenoxy) is 1. The van der Waals surface area contributed by atoms with Crippen LogP contribution in [-0.2, 0) is 4.74 Å².